The molecule has 5 aliphatic rings. The minimum absolute atomic E-state index is 0.0706. The van der Waals surface area contributed by atoms with Gasteiger partial charge in [-0.3, -0.25) is 14.9 Å². The number of carbonyl (C=O) groups excluding carboxylic acids is 3. The van der Waals surface area contributed by atoms with Crippen LogP contribution in [0.2, 0.25) is 18.1 Å². The molecule has 9 heteroatoms. The average Bonchev–Trinajstić information content (AvgIpc) is 3.34. The Bertz CT molecular complexity index is 1380. The van der Waals surface area contributed by atoms with Gasteiger partial charge in [-0.15, -0.1) is 0 Å². The number of esters is 2. The zero-order valence-electron chi connectivity index (χ0n) is 25.7. The summed E-state index contributed by atoms with van der Waals surface area (Å²) in [4.78, 5) is 41.0. The highest BCUT2D eigenvalue weighted by molar-refractivity contribution is 6.74. The molecule has 1 amide bonds. The van der Waals surface area contributed by atoms with Gasteiger partial charge in [-0.1, -0.05) is 51.6 Å². The van der Waals surface area contributed by atoms with E-state index >= 15 is 0 Å². The highest BCUT2D eigenvalue weighted by Gasteiger charge is 2.84. The molecular formula is C33H43NO7Si. The van der Waals surface area contributed by atoms with Gasteiger partial charge in [0.2, 0.25) is 0 Å². The number of carbonyl (C=O) groups is 3. The van der Waals surface area contributed by atoms with Gasteiger partial charge in [-0.2, -0.15) is 0 Å². The first-order valence-corrected chi connectivity index (χ1v) is 17.9. The van der Waals surface area contributed by atoms with Crippen LogP contribution in [-0.2, 0) is 28.2 Å². The minimum atomic E-state index is -2.30. The Morgan fingerprint density at radius 1 is 1.17 bits per heavy atom. The maximum absolute atomic E-state index is 13.9. The van der Waals surface area contributed by atoms with E-state index < -0.39 is 54.4 Å². The number of rotatable bonds is 5. The topological polar surface area (TPSA) is 100 Å². The van der Waals surface area contributed by atoms with Gasteiger partial charge in [-0.25, -0.2) is 4.79 Å². The number of anilines is 1. The number of amides is 1. The highest BCUT2D eigenvalue weighted by Crippen LogP contribution is 2.78. The Balaban J connectivity index is 1.39. The van der Waals surface area contributed by atoms with Gasteiger partial charge in [0.15, 0.2) is 8.32 Å². The molecule has 1 saturated heterocycles. The number of hydrogen-bond donors (Lipinski definition) is 1. The van der Waals surface area contributed by atoms with E-state index in [-0.39, 0.29) is 22.9 Å². The second kappa shape index (κ2) is 9.05. The van der Waals surface area contributed by atoms with Gasteiger partial charge >= 0.3 is 18.0 Å². The van der Waals surface area contributed by atoms with E-state index in [0.29, 0.717) is 31.4 Å². The summed E-state index contributed by atoms with van der Waals surface area (Å²) in [6, 6.07) is 9.16. The number of methoxy groups -OCH3 is 1. The van der Waals surface area contributed by atoms with Crippen LogP contribution in [0.5, 0.6) is 0 Å². The van der Waals surface area contributed by atoms with Crippen molar-refractivity contribution in [2.24, 2.45) is 28.6 Å². The van der Waals surface area contributed by atoms with Crippen LogP contribution in [0, 0.1) is 28.6 Å². The largest absolute Gasteiger partial charge is 0.469 e. The molecule has 8 nitrogen and oxygen atoms in total. The van der Waals surface area contributed by atoms with E-state index in [0.717, 1.165) is 5.57 Å². The maximum Gasteiger partial charge on any atom is 0.412 e. The number of fused-ring (bicyclic) bond motifs is 1. The molecule has 0 radical (unpaired) electrons. The van der Waals surface area contributed by atoms with E-state index in [4.69, 9.17) is 18.6 Å². The van der Waals surface area contributed by atoms with E-state index in [1.807, 2.05) is 37.3 Å². The van der Waals surface area contributed by atoms with Gasteiger partial charge < -0.3 is 18.6 Å². The molecule has 226 valence electrons. The summed E-state index contributed by atoms with van der Waals surface area (Å²) < 4.78 is 25.0. The normalized spacial score (nSPS) is 39.8. The van der Waals surface area contributed by atoms with Crippen molar-refractivity contribution in [3.63, 3.8) is 0 Å². The minimum Gasteiger partial charge on any atom is -0.469 e. The van der Waals surface area contributed by atoms with Crippen LogP contribution in [-0.4, -0.2) is 50.8 Å². The van der Waals surface area contributed by atoms with Crippen LogP contribution < -0.4 is 5.32 Å². The fourth-order valence-electron chi connectivity index (χ4n) is 8.86. The summed E-state index contributed by atoms with van der Waals surface area (Å²) in [6.45, 7) is 17.2. The van der Waals surface area contributed by atoms with E-state index in [1.165, 1.54) is 7.11 Å². The van der Waals surface area contributed by atoms with Crippen molar-refractivity contribution in [3.8, 4) is 0 Å². The van der Waals surface area contributed by atoms with Crippen LogP contribution in [0.3, 0.4) is 0 Å². The van der Waals surface area contributed by atoms with Crippen LogP contribution in [0.1, 0.15) is 53.4 Å². The monoisotopic (exact) mass is 593 g/mol. The van der Waals surface area contributed by atoms with Crippen LogP contribution in [0.25, 0.3) is 0 Å². The van der Waals surface area contributed by atoms with Crippen molar-refractivity contribution >= 4 is 32.0 Å². The number of benzene rings is 1. The van der Waals surface area contributed by atoms with Crippen molar-refractivity contribution in [1.82, 2.24) is 0 Å². The molecule has 4 aliphatic carbocycles. The fourth-order valence-corrected chi connectivity index (χ4v) is 10.2. The molecule has 1 spiro atoms. The first kappa shape index (κ1) is 29.2. The molecule has 4 bridgehead atoms. The fraction of sp³-hybridized carbons (Fsp3) is 0.606. The van der Waals surface area contributed by atoms with Crippen molar-refractivity contribution < 1.29 is 33.0 Å². The Morgan fingerprint density at radius 2 is 1.86 bits per heavy atom. The Morgan fingerprint density at radius 3 is 2.50 bits per heavy atom. The van der Waals surface area contributed by atoms with Gasteiger partial charge in [0.1, 0.15) is 16.6 Å². The van der Waals surface area contributed by atoms with Gasteiger partial charge in [0, 0.05) is 17.5 Å². The molecule has 1 aromatic rings. The number of para-hydroxylation sites is 1. The summed E-state index contributed by atoms with van der Waals surface area (Å²) >= 11 is 0. The molecule has 3 saturated carbocycles. The first-order valence-electron chi connectivity index (χ1n) is 15.0. The standard InChI is InChI=1S/C33H43NO7Si/c1-20-18-31-19-32(20,40-28(37)34-21-12-10-9-11-13-21)16-14-22(31)33-17-15-23(41-42(7,8)29(2,3)4)30(5,27(36)39-33)25(33)24(31)26(35)38-6/h9-13,15,17,22-25H,1,14,16,18-19H2,2-8H3,(H,34,37)/t22-,23+,24-,25-,30?,31+,32+,33-/m1/s1. The summed E-state index contributed by atoms with van der Waals surface area (Å²) in [5.41, 5.74) is -2.16. The van der Waals surface area contributed by atoms with Crippen LogP contribution in [0.15, 0.2) is 54.6 Å². The quantitative estimate of drug-likeness (QED) is 0.182. The SMILES string of the molecule is C=C1C[C@]23C[C@@]1(OC(=O)Nc1ccccc1)CC[C@H]2[C@@]12C=C[C@H](O[Si](C)(C)C(C)(C)C)C(C)(C(=O)O1)[C@H]2[C@@H]3C(=O)OC. The molecule has 0 aromatic heterocycles. The van der Waals surface area contributed by atoms with E-state index in [1.54, 1.807) is 12.1 Å². The highest BCUT2D eigenvalue weighted by atomic mass is 28.4. The van der Waals surface area contributed by atoms with Crippen molar-refractivity contribution in [1.29, 1.82) is 0 Å². The third kappa shape index (κ3) is 3.71. The molecule has 42 heavy (non-hydrogen) atoms. The number of ether oxygens (including phenoxy) is 3. The second-order valence-electron chi connectivity index (χ2n) is 14.8. The van der Waals surface area contributed by atoms with Crippen molar-refractivity contribution in [2.45, 2.75) is 88.8 Å². The van der Waals surface area contributed by atoms with Crippen LogP contribution in [0.4, 0.5) is 10.5 Å². The Labute approximate surface area is 249 Å². The molecule has 1 heterocycles. The van der Waals surface area contributed by atoms with Gasteiger partial charge in [-0.05, 0) is 79.9 Å². The summed E-state index contributed by atoms with van der Waals surface area (Å²) in [7, 11) is -0.896. The summed E-state index contributed by atoms with van der Waals surface area (Å²) in [5, 5.41) is 2.76. The number of nitrogens with one attached hydrogen (secondary N) is 1. The maximum atomic E-state index is 13.9. The summed E-state index contributed by atoms with van der Waals surface area (Å²) in [5.74, 6) is -1.97. The molecule has 6 rings (SSSR count). The zero-order valence-corrected chi connectivity index (χ0v) is 26.7. The lowest BCUT2D eigenvalue weighted by molar-refractivity contribution is -0.164. The molecule has 1 unspecified atom stereocenters. The third-order valence-electron chi connectivity index (χ3n) is 11.8. The van der Waals surface area contributed by atoms with Crippen molar-refractivity contribution in [3.05, 3.63) is 54.6 Å². The molecule has 8 atom stereocenters. The van der Waals surface area contributed by atoms with Gasteiger partial charge in [0.25, 0.3) is 0 Å². The predicted octanol–water partition coefficient (Wildman–Crippen LogP) is 6.40. The van der Waals surface area contributed by atoms with Gasteiger partial charge in [0.05, 0.1) is 19.1 Å². The van der Waals surface area contributed by atoms with E-state index in [9.17, 15) is 14.4 Å². The molecule has 1 aliphatic heterocycles. The smallest absolute Gasteiger partial charge is 0.412 e. The first-order chi connectivity index (χ1) is 19.6. The van der Waals surface area contributed by atoms with Crippen molar-refractivity contribution in [2.75, 3.05) is 12.4 Å². The third-order valence-corrected chi connectivity index (χ3v) is 16.2. The average molecular weight is 594 g/mol. The molecule has 1 aromatic carbocycles. The lowest BCUT2D eigenvalue weighted by Gasteiger charge is -2.46. The Hall–Kier alpha value is -2.91. The molecule has 4 fully saturated rings. The predicted molar refractivity (Wildman–Crippen MR) is 160 cm³/mol. The number of hydrogen-bond acceptors (Lipinski definition) is 7. The summed E-state index contributed by atoms with van der Waals surface area (Å²) in [6.07, 6.45) is 5.03. The van der Waals surface area contributed by atoms with E-state index in [2.05, 4.69) is 45.8 Å². The second-order valence-corrected chi connectivity index (χ2v) is 19.6. The lowest BCUT2D eigenvalue weighted by atomic mass is 9.61. The zero-order chi connectivity index (χ0) is 30.5. The molecule has 1 N–H and O–H groups in total. The Kier molecular flexibility index (Phi) is 6.29. The van der Waals surface area contributed by atoms with Crippen LogP contribution >= 0.6 is 0 Å². The lowest BCUT2D eigenvalue weighted by Crippen LogP contribution is -2.55. The molecular weight excluding hydrogens is 550 g/mol.